The molecule has 1 aromatic carbocycles. The van der Waals surface area contributed by atoms with E-state index in [0.29, 0.717) is 11.2 Å². The fourth-order valence-corrected chi connectivity index (χ4v) is 3.42. The van der Waals surface area contributed by atoms with Crippen LogP contribution in [0.2, 0.25) is 0 Å². The first kappa shape index (κ1) is 11.6. The van der Waals surface area contributed by atoms with Gasteiger partial charge >= 0.3 is 0 Å². The first-order valence-electron chi connectivity index (χ1n) is 5.41. The molecule has 5 heteroatoms. The number of hydrogen-bond acceptors (Lipinski definition) is 3. The van der Waals surface area contributed by atoms with Crippen LogP contribution in [0, 0.1) is 6.92 Å². The molecule has 2 heterocycles. The third-order valence-corrected chi connectivity index (χ3v) is 4.25. The molecule has 3 rings (SSSR count). The molecule has 0 spiro atoms. The van der Waals surface area contributed by atoms with Crippen LogP contribution >= 0.6 is 27.3 Å². The Hall–Kier alpha value is -1.46. The summed E-state index contributed by atoms with van der Waals surface area (Å²) < 4.78 is 2.56. The van der Waals surface area contributed by atoms with E-state index in [1.165, 1.54) is 11.3 Å². The Morgan fingerprint density at radius 3 is 2.72 bits per heavy atom. The molecular weight excluding hydrogens is 312 g/mol. The van der Waals surface area contributed by atoms with Crippen LogP contribution < -0.4 is 5.56 Å². The van der Waals surface area contributed by atoms with Crippen LogP contribution in [0.5, 0.6) is 0 Å². The average molecular weight is 321 g/mol. The lowest BCUT2D eigenvalue weighted by Gasteiger charge is -2.08. The summed E-state index contributed by atoms with van der Waals surface area (Å²) in [5, 5.41) is 0.654. The van der Waals surface area contributed by atoms with E-state index in [-0.39, 0.29) is 5.56 Å². The molecule has 0 amide bonds. The first-order valence-corrected chi connectivity index (χ1v) is 7.02. The van der Waals surface area contributed by atoms with Crippen molar-refractivity contribution in [3.05, 3.63) is 56.4 Å². The molecule has 0 saturated carbocycles. The second kappa shape index (κ2) is 4.33. The fourth-order valence-electron chi connectivity index (χ4n) is 1.93. The number of halogens is 1. The summed E-state index contributed by atoms with van der Waals surface area (Å²) in [5.41, 5.74) is 0.822. The zero-order valence-electron chi connectivity index (χ0n) is 9.55. The largest absolute Gasteiger partial charge is 0.268 e. The highest BCUT2D eigenvalue weighted by molar-refractivity contribution is 9.11. The first-order chi connectivity index (χ1) is 8.66. The second-order valence-electron chi connectivity index (χ2n) is 3.90. The minimum Gasteiger partial charge on any atom is -0.268 e. The van der Waals surface area contributed by atoms with E-state index >= 15 is 0 Å². The summed E-state index contributed by atoms with van der Waals surface area (Å²) in [6, 6.07) is 11.4. The lowest BCUT2D eigenvalue weighted by molar-refractivity contribution is 0.898. The van der Waals surface area contributed by atoms with E-state index in [4.69, 9.17) is 0 Å². The van der Waals surface area contributed by atoms with Gasteiger partial charge < -0.3 is 0 Å². The summed E-state index contributed by atoms with van der Waals surface area (Å²) in [7, 11) is 0. The van der Waals surface area contributed by atoms with Crippen molar-refractivity contribution in [2.24, 2.45) is 0 Å². The van der Waals surface area contributed by atoms with Gasteiger partial charge in [0.2, 0.25) is 0 Å². The van der Waals surface area contributed by atoms with E-state index in [0.717, 1.165) is 14.3 Å². The Morgan fingerprint density at radius 1 is 1.28 bits per heavy atom. The summed E-state index contributed by atoms with van der Waals surface area (Å²) in [6.07, 6.45) is 0. The molecule has 18 heavy (non-hydrogen) atoms. The van der Waals surface area contributed by atoms with Gasteiger partial charge in [0.1, 0.15) is 10.7 Å². The molecule has 0 aliphatic heterocycles. The number of para-hydroxylation sites is 1. The smallest absolute Gasteiger partial charge is 0.266 e. The lowest BCUT2D eigenvalue weighted by Crippen LogP contribution is -2.21. The Labute approximate surface area is 116 Å². The lowest BCUT2D eigenvalue weighted by atomic mass is 10.3. The number of nitrogens with zero attached hydrogens (tertiary/aromatic N) is 2. The van der Waals surface area contributed by atoms with E-state index in [2.05, 4.69) is 20.9 Å². The van der Waals surface area contributed by atoms with Crippen molar-refractivity contribution in [1.82, 2.24) is 9.55 Å². The Bertz CT molecular complexity index is 777. The zero-order valence-corrected chi connectivity index (χ0v) is 12.0. The topological polar surface area (TPSA) is 34.9 Å². The summed E-state index contributed by atoms with van der Waals surface area (Å²) in [6.45, 7) is 1.85. The van der Waals surface area contributed by atoms with E-state index < -0.39 is 0 Å². The third kappa shape index (κ3) is 1.79. The highest BCUT2D eigenvalue weighted by Crippen LogP contribution is 2.26. The van der Waals surface area contributed by atoms with Gasteiger partial charge in [-0.2, -0.15) is 0 Å². The van der Waals surface area contributed by atoms with Crippen LogP contribution in [0.1, 0.15) is 5.82 Å². The number of rotatable bonds is 1. The molecule has 0 unspecified atom stereocenters. The standard InChI is InChI=1S/C13H9BrN2OS/c1-8-15-12-10(7-11(14)18-12)13(17)16(8)9-5-3-2-4-6-9/h2-7H,1H3. The van der Waals surface area contributed by atoms with Crippen LogP contribution in [0.25, 0.3) is 15.9 Å². The van der Waals surface area contributed by atoms with Gasteiger partial charge in [-0.3, -0.25) is 9.36 Å². The molecule has 0 aliphatic carbocycles. The number of benzene rings is 1. The maximum absolute atomic E-state index is 12.5. The average Bonchev–Trinajstić information content (AvgIpc) is 2.71. The summed E-state index contributed by atoms with van der Waals surface area (Å²) in [4.78, 5) is 17.7. The molecular formula is C13H9BrN2OS. The van der Waals surface area contributed by atoms with Crippen molar-refractivity contribution < 1.29 is 0 Å². The van der Waals surface area contributed by atoms with Crippen molar-refractivity contribution in [3.63, 3.8) is 0 Å². The third-order valence-electron chi connectivity index (χ3n) is 2.72. The molecule has 2 aromatic heterocycles. The number of thiophene rings is 1. The molecule has 0 radical (unpaired) electrons. The molecule has 0 aliphatic rings. The van der Waals surface area contributed by atoms with Gasteiger partial charge in [-0.1, -0.05) is 18.2 Å². The minimum atomic E-state index is -0.0225. The van der Waals surface area contributed by atoms with E-state index in [9.17, 15) is 4.79 Å². The number of aromatic nitrogens is 2. The number of aryl methyl sites for hydroxylation is 1. The van der Waals surface area contributed by atoms with Gasteiger partial charge in [0.25, 0.3) is 5.56 Å². The fraction of sp³-hybridized carbons (Fsp3) is 0.0769. The summed E-state index contributed by atoms with van der Waals surface area (Å²) in [5.74, 6) is 0.702. The quantitative estimate of drug-likeness (QED) is 0.687. The van der Waals surface area contributed by atoms with E-state index in [1.54, 1.807) is 4.57 Å². The Balaban J connectivity index is 2.40. The van der Waals surface area contributed by atoms with Crippen LogP contribution in [-0.2, 0) is 0 Å². The molecule has 0 N–H and O–H groups in total. The van der Waals surface area contributed by atoms with E-state index in [1.807, 2.05) is 43.3 Å². The van der Waals surface area contributed by atoms with Crippen molar-refractivity contribution >= 4 is 37.5 Å². The molecule has 0 fully saturated rings. The molecule has 0 bridgehead atoms. The molecule has 3 aromatic rings. The van der Waals surface area contributed by atoms with Gasteiger partial charge in [-0.25, -0.2) is 4.98 Å². The maximum atomic E-state index is 12.5. The highest BCUT2D eigenvalue weighted by atomic mass is 79.9. The Kier molecular flexibility index (Phi) is 2.80. The van der Waals surface area contributed by atoms with Crippen LogP contribution in [0.3, 0.4) is 0 Å². The van der Waals surface area contributed by atoms with Gasteiger partial charge in [-0.15, -0.1) is 11.3 Å². The second-order valence-corrected chi connectivity index (χ2v) is 6.31. The van der Waals surface area contributed by atoms with Crippen LogP contribution in [0.4, 0.5) is 0 Å². The normalized spacial score (nSPS) is 11.0. The van der Waals surface area contributed by atoms with Crippen molar-refractivity contribution in [1.29, 1.82) is 0 Å². The number of hydrogen-bond donors (Lipinski definition) is 0. The molecule has 0 atom stereocenters. The van der Waals surface area contributed by atoms with Crippen molar-refractivity contribution in [3.8, 4) is 5.69 Å². The van der Waals surface area contributed by atoms with Crippen molar-refractivity contribution in [2.75, 3.05) is 0 Å². The predicted molar refractivity (Wildman–Crippen MR) is 77.7 cm³/mol. The SMILES string of the molecule is Cc1nc2sc(Br)cc2c(=O)n1-c1ccccc1. The van der Waals surface area contributed by atoms with Gasteiger partial charge in [-0.05, 0) is 41.1 Å². The molecule has 90 valence electrons. The van der Waals surface area contributed by atoms with Crippen molar-refractivity contribution in [2.45, 2.75) is 6.92 Å². The molecule has 3 nitrogen and oxygen atoms in total. The maximum Gasteiger partial charge on any atom is 0.266 e. The highest BCUT2D eigenvalue weighted by Gasteiger charge is 2.11. The van der Waals surface area contributed by atoms with Gasteiger partial charge in [0.15, 0.2) is 0 Å². The predicted octanol–water partition coefficient (Wildman–Crippen LogP) is 3.52. The molecule has 0 saturated heterocycles. The summed E-state index contributed by atoms with van der Waals surface area (Å²) >= 11 is 4.87. The zero-order chi connectivity index (χ0) is 12.7. The Morgan fingerprint density at radius 2 is 2.00 bits per heavy atom. The number of fused-ring (bicyclic) bond motifs is 1. The van der Waals surface area contributed by atoms with Crippen LogP contribution in [0.15, 0.2) is 45.0 Å². The monoisotopic (exact) mass is 320 g/mol. The minimum absolute atomic E-state index is 0.0225. The van der Waals surface area contributed by atoms with Gasteiger partial charge in [0, 0.05) is 0 Å². The van der Waals surface area contributed by atoms with Crippen LogP contribution in [-0.4, -0.2) is 9.55 Å². The van der Waals surface area contributed by atoms with Gasteiger partial charge in [0.05, 0.1) is 14.9 Å².